The van der Waals surface area contributed by atoms with Gasteiger partial charge in [0.15, 0.2) is 0 Å². The number of methoxy groups -OCH3 is 1. The molecule has 0 aromatic heterocycles. The molecule has 90 valence electrons. The maximum Gasteiger partial charge on any atom is 0.341 e. The van der Waals surface area contributed by atoms with Crippen LogP contribution in [0.3, 0.4) is 0 Å². The summed E-state index contributed by atoms with van der Waals surface area (Å²) in [5.74, 6) is -0.332. The molecule has 0 radical (unpaired) electrons. The Hall–Kier alpha value is -2.06. The van der Waals surface area contributed by atoms with Gasteiger partial charge in [-0.1, -0.05) is 0 Å². The summed E-state index contributed by atoms with van der Waals surface area (Å²) in [6.07, 6.45) is 0. The predicted molar refractivity (Wildman–Crippen MR) is 59.6 cm³/mol. The van der Waals surface area contributed by atoms with Crippen molar-refractivity contribution in [3.63, 3.8) is 0 Å². The molecule has 1 aromatic rings. The Balaban J connectivity index is 3.35. The van der Waals surface area contributed by atoms with Crippen LogP contribution >= 0.6 is 0 Å². The van der Waals surface area contributed by atoms with Crippen molar-refractivity contribution >= 4 is 5.97 Å². The summed E-state index contributed by atoms with van der Waals surface area (Å²) >= 11 is 0. The van der Waals surface area contributed by atoms with Crippen LogP contribution < -0.4 is 4.74 Å². The van der Waals surface area contributed by atoms with E-state index in [1.54, 1.807) is 6.92 Å². The smallest absolute Gasteiger partial charge is 0.341 e. The lowest BCUT2D eigenvalue weighted by Gasteiger charge is -2.12. The van der Waals surface area contributed by atoms with Crippen molar-refractivity contribution in [3.05, 3.63) is 28.8 Å². The Morgan fingerprint density at radius 3 is 2.71 bits per heavy atom. The van der Waals surface area contributed by atoms with E-state index in [0.29, 0.717) is 5.56 Å². The van der Waals surface area contributed by atoms with Gasteiger partial charge in [0.1, 0.15) is 11.3 Å². The second kappa shape index (κ2) is 5.87. The summed E-state index contributed by atoms with van der Waals surface area (Å²) in [6, 6.07) is 4.77. The number of aliphatic hydroxyl groups is 1. The van der Waals surface area contributed by atoms with Gasteiger partial charge in [-0.3, -0.25) is 0 Å². The molecule has 0 spiro atoms. The SMILES string of the molecule is CCOC(=O)c1cc(C#N)cc(CO)c1OC. The first-order chi connectivity index (χ1) is 8.17. The summed E-state index contributed by atoms with van der Waals surface area (Å²) in [7, 11) is 1.39. The number of hydrogen-bond donors (Lipinski definition) is 1. The third-order valence-electron chi connectivity index (χ3n) is 2.16. The zero-order valence-corrected chi connectivity index (χ0v) is 9.69. The fourth-order valence-corrected chi connectivity index (χ4v) is 1.47. The molecule has 5 nitrogen and oxygen atoms in total. The number of carbonyl (C=O) groups is 1. The average Bonchev–Trinajstić information content (AvgIpc) is 2.37. The predicted octanol–water partition coefficient (Wildman–Crippen LogP) is 1.24. The van der Waals surface area contributed by atoms with Gasteiger partial charge < -0.3 is 14.6 Å². The highest BCUT2D eigenvalue weighted by Crippen LogP contribution is 2.26. The number of nitrogens with zero attached hydrogens (tertiary/aromatic N) is 1. The molecule has 1 rings (SSSR count). The Morgan fingerprint density at radius 1 is 1.53 bits per heavy atom. The maximum atomic E-state index is 11.7. The van der Waals surface area contributed by atoms with Crippen molar-refractivity contribution in [1.82, 2.24) is 0 Å². The molecule has 0 bridgehead atoms. The normalized spacial score (nSPS) is 9.53. The van der Waals surface area contributed by atoms with Crippen molar-refractivity contribution in [2.45, 2.75) is 13.5 Å². The van der Waals surface area contributed by atoms with Crippen LogP contribution in [0.15, 0.2) is 12.1 Å². The topological polar surface area (TPSA) is 79.6 Å². The lowest BCUT2D eigenvalue weighted by Crippen LogP contribution is -2.09. The minimum atomic E-state index is -0.573. The lowest BCUT2D eigenvalue weighted by atomic mass is 10.0. The quantitative estimate of drug-likeness (QED) is 0.794. The molecule has 0 atom stereocenters. The van der Waals surface area contributed by atoms with E-state index in [0.717, 1.165) is 0 Å². The van der Waals surface area contributed by atoms with Gasteiger partial charge in [-0.15, -0.1) is 0 Å². The van der Waals surface area contributed by atoms with E-state index in [9.17, 15) is 4.79 Å². The minimum Gasteiger partial charge on any atom is -0.495 e. The average molecular weight is 235 g/mol. The van der Waals surface area contributed by atoms with Gasteiger partial charge in [0.2, 0.25) is 0 Å². The van der Waals surface area contributed by atoms with E-state index in [1.807, 2.05) is 6.07 Å². The molecular weight excluding hydrogens is 222 g/mol. The van der Waals surface area contributed by atoms with E-state index in [-0.39, 0.29) is 30.1 Å². The molecule has 0 aliphatic heterocycles. The van der Waals surface area contributed by atoms with Gasteiger partial charge >= 0.3 is 5.97 Å². The van der Waals surface area contributed by atoms with Gasteiger partial charge in [0.25, 0.3) is 0 Å². The van der Waals surface area contributed by atoms with Gasteiger partial charge in [-0.25, -0.2) is 4.79 Å². The second-order valence-electron chi connectivity index (χ2n) is 3.21. The number of esters is 1. The third-order valence-corrected chi connectivity index (χ3v) is 2.16. The maximum absolute atomic E-state index is 11.7. The molecule has 0 unspecified atom stereocenters. The lowest BCUT2D eigenvalue weighted by molar-refractivity contribution is 0.0522. The molecule has 5 heteroatoms. The number of carbonyl (C=O) groups excluding carboxylic acids is 1. The molecule has 1 aromatic carbocycles. The third kappa shape index (κ3) is 2.74. The summed E-state index contributed by atoms with van der Waals surface area (Å²) < 4.78 is 9.92. The minimum absolute atomic E-state index is 0.150. The second-order valence-corrected chi connectivity index (χ2v) is 3.21. The molecule has 1 N–H and O–H groups in total. The van der Waals surface area contributed by atoms with Crippen molar-refractivity contribution in [3.8, 4) is 11.8 Å². The molecule has 0 fully saturated rings. The Kier molecular flexibility index (Phi) is 4.49. The zero-order chi connectivity index (χ0) is 12.8. The van der Waals surface area contributed by atoms with Crippen LogP contribution in [-0.4, -0.2) is 24.8 Å². The van der Waals surface area contributed by atoms with Crippen LogP contribution in [0, 0.1) is 11.3 Å². The van der Waals surface area contributed by atoms with Gasteiger partial charge in [-0.05, 0) is 19.1 Å². The first-order valence-electron chi connectivity index (χ1n) is 5.06. The molecule has 0 saturated carbocycles. The fourth-order valence-electron chi connectivity index (χ4n) is 1.47. The molecule has 0 heterocycles. The van der Waals surface area contributed by atoms with Crippen LogP contribution in [0.1, 0.15) is 28.4 Å². The Labute approximate surface area is 99.2 Å². The summed E-state index contributed by atoms with van der Waals surface area (Å²) in [5, 5.41) is 18.0. The highest BCUT2D eigenvalue weighted by atomic mass is 16.5. The van der Waals surface area contributed by atoms with Crippen LogP contribution in [0.2, 0.25) is 0 Å². The molecule has 0 amide bonds. The van der Waals surface area contributed by atoms with Gasteiger partial charge in [0, 0.05) is 5.56 Å². The van der Waals surface area contributed by atoms with Crippen LogP contribution in [0.25, 0.3) is 0 Å². The van der Waals surface area contributed by atoms with Crippen molar-refractivity contribution in [2.75, 3.05) is 13.7 Å². The van der Waals surface area contributed by atoms with Crippen LogP contribution in [-0.2, 0) is 11.3 Å². The van der Waals surface area contributed by atoms with Crippen LogP contribution in [0.4, 0.5) is 0 Å². The fraction of sp³-hybridized carbons (Fsp3) is 0.333. The van der Waals surface area contributed by atoms with Crippen molar-refractivity contribution in [2.24, 2.45) is 0 Å². The van der Waals surface area contributed by atoms with Gasteiger partial charge in [0.05, 0.1) is 32.0 Å². The standard InChI is InChI=1S/C12H13NO4/c1-3-17-12(15)10-5-8(6-13)4-9(7-14)11(10)16-2/h4-5,14H,3,7H2,1-2H3. The molecule has 0 aliphatic carbocycles. The Bertz CT molecular complexity index is 462. The van der Waals surface area contributed by atoms with Crippen LogP contribution in [0.5, 0.6) is 5.75 Å². The van der Waals surface area contributed by atoms with Crippen molar-refractivity contribution in [1.29, 1.82) is 5.26 Å². The number of benzene rings is 1. The highest BCUT2D eigenvalue weighted by molar-refractivity contribution is 5.93. The summed E-state index contributed by atoms with van der Waals surface area (Å²) in [4.78, 5) is 11.7. The van der Waals surface area contributed by atoms with E-state index < -0.39 is 5.97 Å². The van der Waals surface area contributed by atoms with Gasteiger partial charge in [-0.2, -0.15) is 5.26 Å². The molecular formula is C12H13NO4. The van der Waals surface area contributed by atoms with Crippen molar-refractivity contribution < 1.29 is 19.4 Å². The number of aliphatic hydroxyl groups excluding tert-OH is 1. The molecule has 17 heavy (non-hydrogen) atoms. The molecule has 0 aliphatic rings. The van der Waals surface area contributed by atoms with E-state index in [4.69, 9.17) is 19.8 Å². The monoisotopic (exact) mass is 235 g/mol. The Morgan fingerprint density at radius 2 is 2.24 bits per heavy atom. The summed E-state index contributed by atoms with van der Waals surface area (Å²) in [6.45, 7) is 1.60. The first-order valence-corrected chi connectivity index (χ1v) is 5.06. The number of nitriles is 1. The largest absolute Gasteiger partial charge is 0.495 e. The van der Waals surface area contributed by atoms with E-state index in [1.165, 1.54) is 19.2 Å². The number of ether oxygens (including phenoxy) is 2. The zero-order valence-electron chi connectivity index (χ0n) is 9.69. The van der Waals surface area contributed by atoms with E-state index in [2.05, 4.69) is 0 Å². The first kappa shape index (κ1) is 13.0. The molecule has 0 saturated heterocycles. The number of rotatable bonds is 4. The van der Waals surface area contributed by atoms with E-state index >= 15 is 0 Å². The highest BCUT2D eigenvalue weighted by Gasteiger charge is 2.18. The number of hydrogen-bond acceptors (Lipinski definition) is 5. The summed E-state index contributed by atoms with van der Waals surface area (Å²) in [5.41, 5.74) is 0.810.